The Morgan fingerprint density at radius 3 is 2.82 bits per heavy atom. The van der Waals surface area contributed by atoms with Crippen LogP contribution in [-0.4, -0.2) is 10.8 Å². The fourth-order valence-electron chi connectivity index (χ4n) is 2.24. The highest BCUT2D eigenvalue weighted by molar-refractivity contribution is 6.06. The van der Waals surface area contributed by atoms with Gasteiger partial charge in [0.1, 0.15) is 0 Å². The fourth-order valence-corrected chi connectivity index (χ4v) is 2.24. The first-order chi connectivity index (χ1) is 8.24. The molecule has 17 heavy (non-hydrogen) atoms. The molecule has 1 aromatic heterocycles. The number of benzene rings is 1. The van der Waals surface area contributed by atoms with Crippen molar-refractivity contribution in [2.45, 2.75) is 26.2 Å². The smallest absolute Gasteiger partial charge is 0.160 e. The minimum absolute atomic E-state index is 0.104. The monoisotopic (exact) mass is 225 g/mol. The van der Waals surface area contributed by atoms with Crippen molar-refractivity contribution in [3.63, 3.8) is 0 Å². The first-order valence-corrected chi connectivity index (χ1v) is 6.13. The number of Topliss-reactive ketones (excluding diaryl/α,β-unsaturated/α-hetero) is 1. The lowest BCUT2D eigenvalue weighted by Crippen LogP contribution is -1.97. The molecular formula is C15H15NO. The van der Waals surface area contributed by atoms with E-state index in [0.29, 0.717) is 0 Å². The molecule has 0 radical (unpaired) electrons. The van der Waals surface area contributed by atoms with Crippen LogP contribution in [0.1, 0.15) is 35.8 Å². The van der Waals surface area contributed by atoms with Crippen LogP contribution in [0.15, 0.2) is 30.3 Å². The van der Waals surface area contributed by atoms with Gasteiger partial charge < -0.3 is 0 Å². The van der Waals surface area contributed by atoms with Crippen LogP contribution in [-0.2, 0) is 6.42 Å². The topological polar surface area (TPSA) is 30.0 Å². The van der Waals surface area contributed by atoms with Crippen molar-refractivity contribution in [2.75, 3.05) is 0 Å². The van der Waals surface area contributed by atoms with E-state index >= 15 is 0 Å². The zero-order chi connectivity index (χ0) is 11.8. The third kappa shape index (κ3) is 2.07. The van der Waals surface area contributed by atoms with Crippen LogP contribution in [0.5, 0.6) is 0 Å². The summed E-state index contributed by atoms with van der Waals surface area (Å²) in [4.78, 5) is 16.2. The van der Waals surface area contributed by atoms with Gasteiger partial charge in [-0.25, -0.2) is 0 Å². The van der Waals surface area contributed by atoms with Crippen LogP contribution in [0.3, 0.4) is 0 Å². The van der Waals surface area contributed by atoms with Gasteiger partial charge in [0.05, 0.1) is 5.52 Å². The second-order valence-corrected chi connectivity index (χ2v) is 4.88. The lowest BCUT2D eigenvalue weighted by molar-refractivity contribution is 0.101. The van der Waals surface area contributed by atoms with Gasteiger partial charge in [0.2, 0.25) is 0 Å². The molecule has 1 aromatic carbocycles. The van der Waals surface area contributed by atoms with E-state index in [4.69, 9.17) is 0 Å². The van der Waals surface area contributed by atoms with Crippen LogP contribution in [0.4, 0.5) is 0 Å². The maximum Gasteiger partial charge on any atom is 0.160 e. The Bertz CT molecular complexity index is 584. The minimum atomic E-state index is 0.104. The predicted octanol–water partition coefficient (Wildman–Crippen LogP) is 3.39. The third-order valence-electron chi connectivity index (χ3n) is 3.36. The quantitative estimate of drug-likeness (QED) is 0.749. The summed E-state index contributed by atoms with van der Waals surface area (Å²) in [6, 6.07) is 9.86. The van der Waals surface area contributed by atoms with Gasteiger partial charge in [0.15, 0.2) is 5.78 Å². The van der Waals surface area contributed by atoms with Crippen molar-refractivity contribution in [3.8, 4) is 0 Å². The highest BCUT2D eigenvalue weighted by Crippen LogP contribution is 2.32. The standard InChI is InChI=1S/C15H15NO/c1-10(17)13-3-2-4-15-14(13)8-7-12(16-15)9-11-5-6-11/h2-4,7-8,11H,5-6,9H2,1H3. The zero-order valence-electron chi connectivity index (χ0n) is 9.94. The van der Waals surface area contributed by atoms with Crippen LogP contribution in [0.25, 0.3) is 10.9 Å². The van der Waals surface area contributed by atoms with E-state index in [1.54, 1.807) is 6.92 Å². The molecular weight excluding hydrogens is 210 g/mol. The minimum Gasteiger partial charge on any atom is -0.294 e. The summed E-state index contributed by atoms with van der Waals surface area (Å²) in [5.74, 6) is 0.947. The molecule has 86 valence electrons. The molecule has 0 aliphatic heterocycles. The molecule has 1 aliphatic carbocycles. The molecule has 1 fully saturated rings. The van der Waals surface area contributed by atoms with E-state index < -0.39 is 0 Å². The van der Waals surface area contributed by atoms with Crippen LogP contribution < -0.4 is 0 Å². The second-order valence-electron chi connectivity index (χ2n) is 4.88. The molecule has 3 rings (SSSR count). The Balaban J connectivity index is 2.07. The Morgan fingerprint density at radius 2 is 2.12 bits per heavy atom. The molecule has 0 amide bonds. The number of pyridine rings is 1. The number of aromatic nitrogens is 1. The maximum absolute atomic E-state index is 11.5. The fraction of sp³-hybridized carbons (Fsp3) is 0.333. The summed E-state index contributed by atoms with van der Waals surface area (Å²) in [5, 5.41) is 0.972. The second kappa shape index (κ2) is 3.95. The molecule has 0 N–H and O–H groups in total. The molecule has 1 aliphatic rings. The highest BCUT2D eigenvalue weighted by atomic mass is 16.1. The molecule has 0 unspecified atom stereocenters. The number of rotatable bonds is 3. The van der Waals surface area contributed by atoms with E-state index in [-0.39, 0.29) is 5.78 Å². The lowest BCUT2D eigenvalue weighted by Gasteiger charge is -2.05. The molecule has 2 nitrogen and oxygen atoms in total. The first-order valence-electron chi connectivity index (χ1n) is 6.13. The number of carbonyl (C=O) groups excluding carboxylic acids is 1. The Kier molecular flexibility index (Phi) is 2.43. The number of ketones is 1. The molecule has 2 heteroatoms. The normalized spacial score (nSPS) is 15.1. The predicted molar refractivity (Wildman–Crippen MR) is 68.2 cm³/mol. The third-order valence-corrected chi connectivity index (χ3v) is 3.36. The van der Waals surface area contributed by atoms with Crippen molar-refractivity contribution in [1.29, 1.82) is 0 Å². The highest BCUT2D eigenvalue weighted by Gasteiger charge is 2.22. The van der Waals surface area contributed by atoms with Crippen molar-refractivity contribution in [1.82, 2.24) is 4.98 Å². The molecule has 1 saturated carbocycles. The Hall–Kier alpha value is -1.70. The number of nitrogens with zero attached hydrogens (tertiary/aromatic N) is 1. The van der Waals surface area contributed by atoms with Gasteiger partial charge in [-0.1, -0.05) is 18.2 Å². The van der Waals surface area contributed by atoms with Gasteiger partial charge in [-0.3, -0.25) is 9.78 Å². The SMILES string of the molecule is CC(=O)c1cccc2nc(CC3CC3)ccc12. The largest absolute Gasteiger partial charge is 0.294 e. The van der Waals surface area contributed by atoms with Gasteiger partial charge >= 0.3 is 0 Å². The van der Waals surface area contributed by atoms with E-state index in [2.05, 4.69) is 11.1 Å². The Morgan fingerprint density at radius 1 is 1.29 bits per heavy atom. The van der Waals surface area contributed by atoms with E-state index in [9.17, 15) is 4.79 Å². The molecule has 0 spiro atoms. The number of carbonyl (C=O) groups is 1. The van der Waals surface area contributed by atoms with Crippen LogP contribution in [0, 0.1) is 5.92 Å². The first kappa shape index (κ1) is 10.5. The molecule has 0 atom stereocenters. The van der Waals surface area contributed by atoms with Gasteiger partial charge in [0, 0.05) is 16.6 Å². The summed E-state index contributed by atoms with van der Waals surface area (Å²) in [6.07, 6.45) is 3.76. The number of hydrogen-bond acceptors (Lipinski definition) is 2. The van der Waals surface area contributed by atoms with Gasteiger partial charge in [-0.2, -0.15) is 0 Å². The van der Waals surface area contributed by atoms with E-state index in [1.165, 1.54) is 12.8 Å². The Labute approximate surface area is 101 Å². The number of fused-ring (bicyclic) bond motifs is 1. The van der Waals surface area contributed by atoms with E-state index in [1.807, 2.05) is 24.3 Å². The van der Waals surface area contributed by atoms with Crippen molar-refractivity contribution in [2.24, 2.45) is 5.92 Å². The van der Waals surface area contributed by atoms with Gasteiger partial charge in [-0.15, -0.1) is 0 Å². The average Bonchev–Trinajstić information content (AvgIpc) is 3.11. The molecule has 0 saturated heterocycles. The average molecular weight is 225 g/mol. The van der Waals surface area contributed by atoms with Gasteiger partial charge in [-0.05, 0) is 44.2 Å². The number of hydrogen-bond donors (Lipinski definition) is 0. The van der Waals surface area contributed by atoms with Crippen LogP contribution in [0.2, 0.25) is 0 Å². The molecule has 2 aromatic rings. The summed E-state index contributed by atoms with van der Waals surface area (Å²) < 4.78 is 0. The molecule has 1 heterocycles. The zero-order valence-corrected chi connectivity index (χ0v) is 9.94. The maximum atomic E-state index is 11.5. The van der Waals surface area contributed by atoms with E-state index in [0.717, 1.165) is 34.5 Å². The summed E-state index contributed by atoms with van der Waals surface area (Å²) in [5.41, 5.74) is 2.87. The summed E-state index contributed by atoms with van der Waals surface area (Å²) in [6.45, 7) is 1.60. The molecule has 0 bridgehead atoms. The summed E-state index contributed by atoms with van der Waals surface area (Å²) in [7, 11) is 0. The lowest BCUT2D eigenvalue weighted by atomic mass is 10.0. The van der Waals surface area contributed by atoms with Crippen LogP contribution >= 0.6 is 0 Å². The van der Waals surface area contributed by atoms with Gasteiger partial charge in [0.25, 0.3) is 0 Å². The summed E-state index contributed by atoms with van der Waals surface area (Å²) >= 11 is 0. The van der Waals surface area contributed by atoms with Crippen molar-refractivity contribution >= 4 is 16.7 Å². The van der Waals surface area contributed by atoms with Crippen molar-refractivity contribution in [3.05, 3.63) is 41.6 Å². The van der Waals surface area contributed by atoms with Crippen molar-refractivity contribution < 1.29 is 4.79 Å².